The van der Waals surface area contributed by atoms with E-state index in [0.717, 1.165) is 17.7 Å². The highest BCUT2D eigenvalue weighted by Crippen LogP contribution is 2.35. The number of benzene rings is 1. The van der Waals surface area contributed by atoms with Crippen molar-refractivity contribution >= 4 is 0 Å². The molecule has 21 heavy (non-hydrogen) atoms. The van der Waals surface area contributed by atoms with Gasteiger partial charge in [0.25, 0.3) is 0 Å². The molecule has 0 aliphatic rings. The van der Waals surface area contributed by atoms with Crippen LogP contribution >= 0.6 is 0 Å². The molecule has 0 saturated heterocycles. The topological polar surface area (TPSA) is 45.9 Å². The molecule has 0 radical (unpaired) electrons. The van der Waals surface area contributed by atoms with Gasteiger partial charge in [-0.05, 0) is 35.6 Å². The molecule has 0 unspecified atom stereocenters. The van der Waals surface area contributed by atoms with Crippen LogP contribution in [0.25, 0.3) is 0 Å². The summed E-state index contributed by atoms with van der Waals surface area (Å²) in [4.78, 5) is 4.17. The Bertz CT molecular complexity index is 678. The smallest absolute Gasteiger partial charge is 0.237 e. The largest absolute Gasteiger partial charge is 0.437 e. The summed E-state index contributed by atoms with van der Waals surface area (Å²) in [5, 5.41) is 9.14. The number of aromatic nitrogens is 1. The maximum absolute atomic E-state index is 9.14. The first-order valence-corrected chi connectivity index (χ1v) is 7.12. The summed E-state index contributed by atoms with van der Waals surface area (Å²) in [5.41, 5.74) is 2.80. The van der Waals surface area contributed by atoms with Crippen LogP contribution < -0.4 is 4.74 Å². The quantitative estimate of drug-likeness (QED) is 0.825. The molecule has 3 heteroatoms. The minimum Gasteiger partial charge on any atom is -0.437 e. The zero-order valence-electron chi connectivity index (χ0n) is 13.0. The van der Waals surface area contributed by atoms with E-state index in [0.29, 0.717) is 11.4 Å². The van der Waals surface area contributed by atoms with Crippen LogP contribution in [0, 0.1) is 11.3 Å². The molecule has 108 valence electrons. The van der Waals surface area contributed by atoms with Gasteiger partial charge in [0, 0.05) is 11.8 Å². The molecule has 1 heterocycles. The molecule has 2 rings (SSSR count). The lowest BCUT2D eigenvalue weighted by atomic mass is 9.85. The van der Waals surface area contributed by atoms with Gasteiger partial charge in [-0.2, -0.15) is 5.26 Å². The summed E-state index contributed by atoms with van der Waals surface area (Å²) < 4.78 is 5.92. The van der Waals surface area contributed by atoms with E-state index >= 15 is 0 Å². The van der Waals surface area contributed by atoms with Gasteiger partial charge in [0.05, 0.1) is 0 Å². The molecule has 0 N–H and O–H groups in total. The van der Waals surface area contributed by atoms with Crippen molar-refractivity contribution in [1.29, 1.82) is 5.26 Å². The maximum atomic E-state index is 9.14. The van der Waals surface area contributed by atoms with Crippen molar-refractivity contribution in [2.24, 2.45) is 0 Å². The number of hydrogen-bond acceptors (Lipinski definition) is 3. The monoisotopic (exact) mass is 280 g/mol. The van der Waals surface area contributed by atoms with E-state index in [1.165, 1.54) is 5.56 Å². The summed E-state index contributed by atoms with van der Waals surface area (Å²) in [6, 6.07) is 11.7. The molecular weight excluding hydrogens is 260 g/mol. The van der Waals surface area contributed by atoms with Crippen LogP contribution in [-0.4, -0.2) is 4.98 Å². The van der Waals surface area contributed by atoms with Gasteiger partial charge in [0.2, 0.25) is 5.88 Å². The Kier molecular flexibility index (Phi) is 4.28. The number of ether oxygens (including phenoxy) is 1. The second-order valence-corrected chi connectivity index (χ2v) is 6.00. The van der Waals surface area contributed by atoms with E-state index in [1.807, 2.05) is 6.07 Å². The SMILES string of the molecule is CCc1ccc(Oc2ncccc2C#N)c(C(C)(C)C)c1. The number of aryl methyl sites for hydroxylation is 1. The van der Waals surface area contributed by atoms with Crippen molar-refractivity contribution in [2.45, 2.75) is 39.5 Å². The molecule has 0 bridgehead atoms. The standard InChI is InChI=1S/C18H20N2O/c1-5-13-8-9-16(15(11-13)18(2,3)4)21-17-14(12-19)7-6-10-20-17/h6-11H,5H2,1-4H3. The van der Waals surface area contributed by atoms with Crippen LogP contribution in [0.1, 0.15) is 44.4 Å². The fraction of sp³-hybridized carbons (Fsp3) is 0.333. The number of hydrogen-bond donors (Lipinski definition) is 0. The Balaban J connectivity index is 2.47. The fourth-order valence-corrected chi connectivity index (χ4v) is 2.13. The van der Waals surface area contributed by atoms with Gasteiger partial charge in [-0.25, -0.2) is 4.98 Å². The normalized spacial score (nSPS) is 11.0. The van der Waals surface area contributed by atoms with Crippen LogP contribution in [-0.2, 0) is 11.8 Å². The van der Waals surface area contributed by atoms with Gasteiger partial charge in [0.15, 0.2) is 0 Å². The Labute approximate surface area is 126 Å². The van der Waals surface area contributed by atoms with Crippen LogP contribution in [0.2, 0.25) is 0 Å². The van der Waals surface area contributed by atoms with E-state index in [-0.39, 0.29) is 5.41 Å². The first kappa shape index (κ1) is 15.1. The predicted molar refractivity (Wildman–Crippen MR) is 83.5 cm³/mol. The third-order valence-corrected chi connectivity index (χ3v) is 3.36. The molecule has 1 aromatic carbocycles. The van der Waals surface area contributed by atoms with E-state index in [9.17, 15) is 0 Å². The molecule has 0 amide bonds. The zero-order valence-corrected chi connectivity index (χ0v) is 13.0. The van der Waals surface area contributed by atoms with Crippen molar-refractivity contribution < 1.29 is 4.74 Å². The van der Waals surface area contributed by atoms with Crippen LogP contribution in [0.3, 0.4) is 0 Å². The van der Waals surface area contributed by atoms with Gasteiger partial charge in [-0.3, -0.25) is 0 Å². The fourth-order valence-electron chi connectivity index (χ4n) is 2.13. The molecule has 0 spiro atoms. The molecule has 0 aliphatic heterocycles. The Morgan fingerprint density at radius 3 is 2.62 bits per heavy atom. The van der Waals surface area contributed by atoms with Crippen molar-refractivity contribution in [3.63, 3.8) is 0 Å². The van der Waals surface area contributed by atoms with Gasteiger partial charge in [0.1, 0.15) is 17.4 Å². The average Bonchev–Trinajstić information content (AvgIpc) is 2.47. The Hall–Kier alpha value is -2.34. The average molecular weight is 280 g/mol. The summed E-state index contributed by atoms with van der Waals surface area (Å²) in [5.74, 6) is 1.12. The lowest BCUT2D eigenvalue weighted by Crippen LogP contribution is -2.13. The molecule has 0 fully saturated rings. The minimum absolute atomic E-state index is 0.0396. The van der Waals surface area contributed by atoms with Gasteiger partial charge < -0.3 is 4.74 Å². The highest BCUT2D eigenvalue weighted by atomic mass is 16.5. The van der Waals surface area contributed by atoms with E-state index in [4.69, 9.17) is 10.00 Å². The summed E-state index contributed by atoms with van der Waals surface area (Å²) in [6.45, 7) is 8.59. The lowest BCUT2D eigenvalue weighted by molar-refractivity contribution is 0.438. The minimum atomic E-state index is -0.0396. The Morgan fingerprint density at radius 1 is 1.24 bits per heavy atom. The predicted octanol–water partition coefficient (Wildman–Crippen LogP) is 4.61. The second kappa shape index (κ2) is 5.97. The van der Waals surface area contributed by atoms with Crippen LogP contribution in [0.5, 0.6) is 11.6 Å². The van der Waals surface area contributed by atoms with Crippen LogP contribution in [0.4, 0.5) is 0 Å². The number of nitrogens with zero attached hydrogens (tertiary/aromatic N) is 2. The summed E-state index contributed by atoms with van der Waals surface area (Å²) in [6.07, 6.45) is 2.61. The summed E-state index contributed by atoms with van der Waals surface area (Å²) >= 11 is 0. The number of nitriles is 1. The van der Waals surface area contributed by atoms with Gasteiger partial charge >= 0.3 is 0 Å². The number of pyridine rings is 1. The second-order valence-electron chi connectivity index (χ2n) is 6.00. The molecule has 1 aromatic heterocycles. The lowest BCUT2D eigenvalue weighted by Gasteiger charge is -2.23. The molecule has 0 aliphatic carbocycles. The number of rotatable bonds is 3. The third kappa shape index (κ3) is 3.41. The van der Waals surface area contributed by atoms with Gasteiger partial charge in [-0.1, -0.05) is 39.8 Å². The third-order valence-electron chi connectivity index (χ3n) is 3.36. The zero-order chi connectivity index (χ0) is 15.5. The first-order valence-electron chi connectivity index (χ1n) is 7.12. The van der Waals surface area contributed by atoms with Gasteiger partial charge in [-0.15, -0.1) is 0 Å². The molecule has 0 saturated carbocycles. The van der Waals surface area contributed by atoms with E-state index in [2.05, 4.69) is 50.9 Å². The van der Waals surface area contributed by atoms with Crippen molar-refractivity contribution in [3.8, 4) is 17.7 Å². The van der Waals surface area contributed by atoms with Crippen LogP contribution in [0.15, 0.2) is 36.5 Å². The molecule has 3 nitrogen and oxygen atoms in total. The van der Waals surface area contributed by atoms with Crippen molar-refractivity contribution in [1.82, 2.24) is 4.98 Å². The Morgan fingerprint density at radius 2 is 2.00 bits per heavy atom. The first-order chi connectivity index (χ1) is 9.95. The molecular formula is C18H20N2O. The molecule has 2 aromatic rings. The van der Waals surface area contributed by atoms with E-state index < -0.39 is 0 Å². The highest BCUT2D eigenvalue weighted by molar-refractivity contribution is 5.46. The summed E-state index contributed by atoms with van der Waals surface area (Å²) in [7, 11) is 0. The van der Waals surface area contributed by atoms with Crippen molar-refractivity contribution in [2.75, 3.05) is 0 Å². The maximum Gasteiger partial charge on any atom is 0.237 e. The van der Waals surface area contributed by atoms with E-state index in [1.54, 1.807) is 18.3 Å². The van der Waals surface area contributed by atoms with Crippen molar-refractivity contribution in [3.05, 3.63) is 53.2 Å². The molecule has 0 atom stereocenters. The highest BCUT2D eigenvalue weighted by Gasteiger charge is 2.20.